The minimum atomic E-state index is -0.463. The molecule has 7 heteroatoms. The third kappa shape index (κ3) is 4.46. The summed E-state index contributed by atoms with van der Waals surface area (Å²) in [5.41, 5.74) is 1.13. The lowest BCUT2D eigenvalue weighted by Gasteiger charge is -2.12. The lowest BCUT2D eigenvalue weighted by Crippen LogP contribution is -2.29. The number of nitrogens with zero attached hydrogens (tertiary/aromatic N) is 2. The van der Waals surface area contributed by atoms with Crippen molar-refractivity contribution in [3.05, 3.63) is 47.3 Å². The van der Waals surface area contributed by atoms with Crippen molar-refractivity contribution in [2.24, 2.45) is 5.92 Å². The summed E-state index contributed by atoms with van der Waals surface area (Å²) in [6, 6.07) is 3.34. The molecule has 0 spiro atoms. The summed E-state index contributed by atoms with van der Waals surface area (Å²) in [4.78, 5) is 16.0. The summed E-state index contributed by atoms with van der Waals surface area (Å²) >= 11 is 5.90. The second-order valence-electron chi connectivity index (χ2n) is 5.36. The SMILES string of the molecule is CC(C)Cn1cncc1CNC(=O)Nc1cc(F)ccc1Cl. The van der Waals surface area contributed by atoms with Crippen molar-refractivity contribution < 1.29 is 9.18 Å². The van der Waals surface area contributed by atoms with Crippen LogP contribution in [0.4, 0.5) is 14.9 Å². The fraction of sp³-hybridized carbons (Fsp3) is 0.333. The molecule has 2 aromatic rings. The molecule has 1 heterocycles. The minimum absolute atomic E-state index is 0.231. The first-order valence-corrected chi connectivity index (χ1v) is 7.32. The predicted molar refractivity (Wildman–Crippen MR) is 84.3 cm³/mol. The van der Waals surface area contributed by atoms with E-state index >= 15 is 0 Å². The Kier molecular flexibility index (Phi) is 5.38. The van der Waals surface area contributed by atoms with Crippen LogP contribution >= 0.6 is 11.6 Å². The van der Waals surface area contributed by atoms with E-state index in [2.05, 4.69) is 29.5 Å². The van der Waals surface area contributed by atoms with E-state index < -0.39 is 11.8 Å². The van der Waals surface area contributed by atoms with Gasteiger partial charge in [0.1, 0.15) is 5.82 Å². The molecule has 22 heavy (non-hydrogen) atoms. The maximum atomic E-state index is 13.1. The molecule has 0 fully saturated rings. The number of carbonyl (C=O) groups is 1. The molecule has 1 aromatic carbocycles. The van der Waals surface area contributed by atoms with E-state index in [-0.39, 0.29) is 10.7 Å². The molecule has 0 unspecified atom stereocenters. The van der Waals surface area contributed by atoms with E-state index in [0.29, 0.717) is 12.5 Å². The van der Waals surface area contributed by atoms with Crippen LogP contribution in [-0.4, -0.2) is 15.6 Å². The molecule has 2 amide bonds. The first-order valence-electron chi connectivity index (χ1n) is 6.94. The summed E-state index contributed by atoms with van der Waals surface area (Å²) < 4.78 is 15.1. The molecule has 2 N–H and O–H groups in total. The number of hydrogen-bond donors (Lipinski definition) is 2. The van der Waals surface area contributed by atoms with Gasteiger partial charge in [0.05, 0.1) is 29.3 Å². The predicted octanol–water partition coefficient (Wildman–Crippen LogP) is 3.65. The first-order chi connectivity index (χ1) is 10.5. The van der Waals surface area contributed by atoms with Crippen molar-refractivity contribution in [3.8, 4) is 0 Å². The number of nitrogens with one attached hydrogen (secondary N) is 2. The average Bonchev–Trinajstić information content (AvgIpc) is 2.87. The van der Waals surface area contributed by atoms with E-state index in [4.69, 9.17) is 11.6 Å². The number of rotatable bonds is 5. The highest BCUT2D eigenvalue weighted by molar-refractivity contribution is 6.33. The van der Waals surface area contributed by atoms with Gasteiger partial charge in [-0.1, -0.05) is 25.4 Å². The van der Waals surface area contributed by atoms with Crippen molar-refractivity contribution >= 4 is 23.3 Å². The summed E-state index contributed by atoms with van der Waals surface area (Å²) in [5, 5.41) is 5.50. The van der Waals surface area contributed by atoms with Crippen LogP contribution in [0.2, 0.25) is 5.02 Å². The van der Waals surface area contributed by atoms with Crippen molar-refractivity contribution in [3.63, 3.8) is 0 Å². The zero-order valence-corrected chi connectivity index (χ0v) is 13.2. The van der Waals surface area contributed by atoms with Crippen LogP contribution in [0.25, 0.3) is 0 Å². The molecule has 2 rings (SSSR count). The second kappa shape index (κ2) is 7.26. The van der Waals surface area contributed by atoms with Gasteiger partial charge in [-0.3, -0.25) is 0 Å². The molecule has 1 aromatic heterocycles. The third-order valence-corrected chi connectivity index (χ3v) is 3.30. The first kappa shape index (κ1) is 16.3. The van der Waals surface area contributed by atoms with Gasteiger partial charge < -0.3 is 15.2 Å². The van der Waals surface area contributed by atoms with Gasteiger partial charge >= 0.3 is 6.03 Å². The highest BCUT2D eigenvalue weighted by Crippen LogP contribution is 2.22. The Bertz CT molecular complexity index is 657. The Morgan fingerprint density at radius 3 is 2.95 bits per heavy atom. The Morgan fingerprint density at radius 2 is 2.23 bits per heavy atom. The van der Waals surface area contributed by atoms with E-state index in [0.717, 1.165) is 12.2 Å². The standard InChI is InChI=1S/C15H18ClFN4O/c1-10(2)8-21-9-18-6-12(21)7-19-15(22)20-14-5-11(17)3-4-13(14)16/h3-6,9-10H,7-8H2,1-2H3,(H2,19,20,22). The smallest absolute Gasteiger partial charge is 0.319 e. The Balaban J connectivity index is 1.93. The quantitative estimate of drug-likeness (QED) is 0.882. The van der Waals surface area contributed by atoms with Gasteiger partial charge in [-0.25, -0.2) is 14.2 Å². The highest BCUT2D eigenvalue weighted by Gasteiger charge is 2.09. The number of benzene rings is 1. The average molecular weight is 325 g/mol. The van der Waals surface area contributed by atoms with E-state index in [9.17, 15) is 9.18 Å². The molecular weight excluding hydrogens is 307 g/mol. The van der Waals surface area contributed by atoms with Crippen molar-refractivity contribution in [2.45, 2.75) is 26.9 Å². The molecule has 0 aliphatic carbocycles. The number of carbonyl (C=O) groups excluding carboxylic acids is 1. The van der Waals surface area contributed by atoms with Gasteiger partial charge in [-0.2, -0.15) is 0 Å². The van der Waals surface area contributed by atoms with Crippen LogP contribution in [-0.2, 0) is 13.1 Å². The van der Waals surface area contributed by atoms with E-state index in [1.807, 2.05) is 4.57 Å². The van der Waals surface area contributed by atoms with Gasteiger partial charge in [0, 0.05) is 12.7 Å². The molecule has 0 radical (unpaired) electrons. The monoisotopic (exact) mass is 324 g/mol. The number of imidazole rings is 1. The fourth-order valence-corrected chi connectivity index (χ4v) is 2.15. The lowest BCUT2D eigenvalue weighted by atomic mass is 10.2. The van der Waals surface area contributed by atoms with Crippen molar-refractivity contribution in [2.75, 3.05) is 5.32 Å². The maximum Gasteiger partial charge on any atom is 0.319 e. The Hall–Kier alpha value is -2.08. The number of halogens is 2. The summed E-state index contributed by atoms with van der Waals surface area (Å²) in [6.07, 6.45) is 3.44. The van der Waals surface area contributed by atoms with Crippen LogP contribution in [0.1, 0.15) is 19.5 Å². The topological polar surface area (TPSA) is 59.0 Å². The van der Waals surface area contributed by atoms with Gasteiger partial charge in [0.15, 0.2) is 0 Å². The molecule has 5 nitrogen and oxygen atoms in total. The number of aromatic nitrogens is 2. The molecule has 0 saturated heterocycles. The second-order valence-corrected chi connectivity index (χ2v) is 5.77. The van der Waals surface area contributed by atoms with E-state index in [1.54, 1.807) is 12.5 Å². The number of hydrogen-bond acceptors (Lipinski definition) is 2. The third-order valence-electron chi connectivity index (χ3n) is 2.97. The molecular formula is C15H18ClFN4O. The molecule has 0 aliphatic heterocycles. The minimum Gasteiger partial charge on any atom is -0.333 e. The molecule has 118 valence electrons. The Morgan fingerprint density at radius 1 is 1.45 bits per heavy atom. The zero-order valence-electron chi connectivity index (χ0n) is 12.4. The highest BCUT2D eigenvalue weighted by atomic mass is 35.5. The van der Waals surface area contributed by atoms with E-state index in [1.165, 1.54) is 18.2 Å². The normalized spacial score (nSPS) is 10.8. The van der Waals surface area contributed by atoms with Crippen LogP contribution in [0.3, 0.4) is 0 Å². The van der Waals surface area contributed by atoms with Gasteiger partial charge in [-0.05, 0) is 24.1 Å². The van der Waals surface area contributed by atoms with Crippen LogP contribution in [0, 0.1) is 11.7 Å². The fourth-order valence-electron chi connectivity index (χ4n) is 1.98. The zero-order chi connectivity index (χ0) is 16.1. The molecule has 0 aliphatic rings. The molecule has 0 bridgehead atoms. The van der Waals surface area contributed by atoms with Crippen molar-refractivity contribution in [1.29, 1.82) is 0 Å². The summed E-state index contributed by atoms with van der Waals surface area (Å²) in [6.45, 7) is 5.37. The van der Waals surface area contributed by atoms with Crippen molar-refractivity contribution in [1.82, 2.24) is 14.9 Å². The largest absolute Gasteiger partial charge is 0.333 e. The number of amides is 2. The van der Waals surface area contributed by atoms with Crippen LogP contribution in [0.15, 0.2) is 30.7 Å². The molecule has 0 atom stereocenters. The number of urea groups is 1. The maximum absolute atomic E-state index is 13.1. The van der Waals surface area contributed by atoms with Gasteiger partial charge in [0.2, 0.25) is 0 Å². The lowest BCUT2D eigenvalue weighted by molar-refractivity contribution is 0.251. The Labute approximate surface area is 133 Å². The summed E-state index contributed by atoms with van der Waals surface area (Å²) in [7, 11) is 0. The summed E-state index contributed by atoms with van der Waals surface area (Å²) in [5.74, 6) is 0.0163. The van der Waals surface area contributed by atoms with Gasteiger partial charge in [0.25, 0.3) is 0 Å². The van der Waals surface area contributed by atoms with Gasteiger partial charge in [-0.15, -0.1) is 0 Å². The van der Waals surface area contributed by atoms with Crippen LogP contribution in [0.5, 0.6) is 0 Å². The number of anilines is 1. The van der Waals surface area contributed by atoms with Crippen LogP contribution < -0.4 is 10.6 Å². The molecule has 0 saturated carbocycles.